The molecule has 1 aliphatic rings. The van der Waals surface area contributed by atoms with E-state index in [4.69, 9.17) is 33.2 Å². The lowest BCUT2D eigenvalue weighted by atomic mass is 10.1. The summed E-state index contributed by atoms with van der Waals surface area (Å²) in [5, 5.41) is 23.0. The van der Waals surface area contributed by atoms with Crippen LogP contribution >= 0.6 is 0 Å². The molecule has 0 spiro atoms. The second-order valence-corrected chi connectivity index (χ2v) is 24.6. The lowest BCUT2D eigenvalue weighted by Gasteiger charge is -2.18. The van der Waals surface area contributed by atoms with Gasteiger partial charge in [-0.3, -0.25) is 28.4 Å². The van der Waals surface area contributed by atoms with Gasteiger partial charge in [0.2, 0.25) is 0 Å². The number of benzene rings is 5. The highest BCUT2D eigenvalue weighted by atomic mass is 16.5. The Morgan fingerprint density at radius 3 is 1.19 bits per heavy atom. The van der Waals surface area contributed by atoms with Gasteiger partial charge in [0.25, 0.3) is 0 Å². The summed E-state index contributed by atoms with van der Waals surface area (Å²) in [5.41, 5.74) is 13.7. The van der Waals surface area contributed by atoms with Crippen molar-refractivity contribution in [2.24, 2.45) is 0 Å². The van der Waals surface area contributed by atoms with Gasteiger partial charge in [0.1, 0.15) is 31.3 Å². The lowest BCUT2D eigenvalue weighted by Crippen LogP contribution is -2.17. The normalized spacial score (nSPS) is 11.3. The Balaban J connectivity index is 0.000000324. The number of methoxy groups -OCH3 is 4. The van der Waals surface area contributed by atoms with Crippen LogP contribution in [0.25, 0.3) is 66.5 Å². The molecule has 548 valence electrons. The largest absolute Gasteiger partial charge is 0.493 e. The van der Waals surface area contributed by atoms with E-state index in [1.54, 1.807) is 28.4 Å². The molecule has 0 saturated carbocycles. The summed E-state index contributed by atoms with van der Waals surface area (Å²) >= 11 is 0. The molecule has 12 rings (SSSR count). The molecule has 0 radical (unpaired) electrons. The molecule has 1 aliphatic heterocycles. The van der Waals surface area contributed by atoms with Crippen LogP contribution in [0.5, 0.6) is 23.0 Å². The van der Waals surface area contributed by atoms with Crippen molar-refractivity contribution in [2.75, 3.05) is 86.1 Å². The summed E-state index contributed by atoms with van der Waals surface area (Å²) in [7, 11) is 6.62. The summed E-state index contributed by atoms with van der Waals surface area (Å²) < 4.78 is 46.9. The molecular weight excluding hydrogens is 1260 g/mol. The van der Waals surface area contributed by atoms with E-state index in [9.17, 15) is 0 Å². The molecule has 11 aromatic rings. The Morgan fingerprint density at radius 2 is 0.743 bits per heavy atom. The molecule has 6 aromatic heterocycles. The third-order valence-electron chi connectivity index (χ3n) is 15.8. The fourth-order valence-corrected chi connectivity index (χ4v) is 10.1. The van der Waals surface area contributed by atoms with Crippen LogP contribution in [-0.2, 0) is 14.2 Å². The summed E-state index contributed by atoms with van der Waals surface area (Å²) in [5.74, 6) is 3.14. The predicted molar refractivity (Wildman–Crippen MR) is 419 cm³/mol. The van der Waals surface area contributed by atoms with Gasteiger partial charge in [0, 0.05) is 141 Å². The summed E-state index contributed by atoms with van der Waals surface area (Å²) in [6, 6.07) is 43.0. The van der Waals surface area contributed by atoms with Crippen molar-refractivity contribution in [2.45, 2.75) is 149 Å². The number of nitrogens with zero attached hydrogens (tertiary/aromatic N) is 12. The molecule has 7 heterocycles. The van der Waals surface area contributed by atoms with Gasteiger partial charge in [-0.15, -0.1) is 0 Å². The molecule has 19 heteroatoms. The van der Waals surface area contributed by atoms with Gasteiger partial charge in [0.15, 0.2) is 11.5 Å². The van der Waals surface area contributed by atoms with E-state index in [-0.39, 0.29) is 37.1 Å². The highest BCUT2D eigenvalue weighted by Crippen LogP contribution is 2.34. The first-order valence-corrected chi connectivity index (χ1v) is 33.2. The Morgan fingerprint density at radius 1 is 0.347 bits per heavy atom. The molecule has 101 heavy (non-hydrogen) atoms. The second kappa shape index (κ2) is 43.9. The van der Waals surface area contributed by atoms with E-state index in [1.807, 2.05) is 134 Å². The first kappa shape index (κ1) is 85.7. The van der Waals surface area contributed by atoms with Gasteiger partial charge in [-0.2, -0.15) is 25.5 Å². The van der Waals surface area contributed by atoms with Crippen LogP contribution in [0.15, 0.2) is 189 Å². The van der Waals surface area contributed by atoms with Gasteiger partial charge in [-0.25, -0.2) is 0 Å². The Bertz CT molecular complexity index is 4040. The minimum atomic E-state index is 0. The zero-order chi connectivity index (χ0) is 68.3. The Labute approximate surface area is 604 Å². The Hall–Kier alpha value is -9.56. The molecule has 0 N–H and O–H groups in total. The van der Waals surface area contributed by atoms with E-state index in [1.165, 1.54) is 42.7 Å². The number of hydrogen-bond donors (Lipinski definition) is 0. The minimum absolute atomic E-state index is 0. The van der Waals surface area contributed by atoms with Crippen molar-refractivity contribution in [3.05, 3.63) is 189 Å². The monoisotopic (exact) mass is 1380 g/mol. The third kappa shape index (κ3) is 25.5. The first-order chi connectivity index (χ1) is 46.5. The molecule has 0 unspecified atom stereocenters. The van der Waals surface area contributed by atoms with Gasteiger partial charge < -0.3 is 38.1 Å². The summed E-state index contributed by atoms with van der Waals surface area (Å²) in [6.45, 7) is 27.0. The number of aromatic nitrogens is 11. The fourth-order valence-electron chi connectivity index (χ4n) is 10.1. The quantitative estimate of drug-likeness (QED) is 0.0524. The van der Waals surface area contributed by atoms with Crippen molar-refractivity contribution in [3.8, 4) is 78.6 Å². The number of rotatable bonds is 24. The number of ether oxygens (including phenoxy) is 7. The molecule has 0 atom stereocenters. The molecule has 0 bridgehead atoms. The first-order valence-electron chi connectivity index (χ1n) is 33.2. The maximum Gasteiger partial charge on any atom is 0.161 e. The van der Waals surface area contributed by atoms with E-state index >= 15 is 0 Å². The molecule has 5 aromatic carbocycles. The van der Waals surface area contributed by atoms with Crippen LogP contribution in [0.4, 0.5) is 5.69 Å². The van der Waals surface area contributed by atoms with Crippen LogP contribution in [0.1, 0.15) is 149 Å². The molecule has 0 aliphatic carbocycles. The zero-order valence-corrected chi connectivity index (χ0v) is 58.6. The van der Waals surface area contributed by atoms with Gasteiger partial charge in [-0.05, 0) is 171 Å². The van der Waals surface area contributed by atoms with Crippen LogP contribution in [0.2, 0.25) is 0 Å². The topological polar surface area (TPSA) is 170 Å². The van der Waals surface area contributed by atoms with Crippen molar-refractivity contribution in [3.63, 3.8) is 0 Å². The van der Waals surface area contributed by atoms with Crippen LogP contribution in [0, 0.1) is 0 Å². The van der Waals surface area contributed by atoms with Crippen LogP contribution < -0.4 is 23.8 Å². The van der Waals surface area contributed by atoms with Gasteiger partial charge >= 0.3 is 0 Å². The van der Waals surface area contributed by atoms with Crippen LogP contribution in [0.3, 0.4) is 0 Å². The standard InChI is InChI=1S/C16H21N3.C16H22N2O3.C15H15N3.2C15H20N2O2.5CH4/c1-13(2)19-12-15(11-17-19)14-6-5-7-16(10-14)18-8-3-4-9-18;1-12(2)18-11-14(10-17-18)13-5-6-15(16(9-13)20-4)21-8-7-19-3;1-11(2)18-10-14(9-17-18)13-6-5-12-4-3-7-16-15(12)8-13;1-12(2)17-11-14(10-16-17)13-4-6-15(7-5-13)19-9-8-18-3;1-12(2)17-11-14(10-16-17)13-5-4-6-15(9-13)19-8-7-18-3;;;;;/h5-7,10-13H,3-4,8-9H2,1-2H3;5-6,9-12H,7-8H2,1-4H3;3-11H,1-2H3;4-7,10-12H,8-9H2,1-3H3;4-6,9-12H,7-8H2,1-3H3;5*1H4. The molecular formula is C82H118N12O7. The second-order valence-electron chi connectivity index (χ2n) is 24.6. The van der Waals surface area contributed by atoms with Crippen molar-refractivity contribution in [1.82, 2.24) is 53.9 Å². The maximum atomic E-state index is 5.63. The number of pyridine rings is 1. The average molecular weight is 1380 g/mol. The van der Waals surface area contributed by atoms with E-state index in [0.717, 1.165) is 72.7 Å². The number of fused-ring (bicyclic) bond motifs is 1. The van der Waals surface area contributed by atoms with Gasteiger partial charge in [0.05, 0.1) is 63.4 Å². The molecule has 19 nitrogen and oxygen atoms in total. The van der Waals surface area contributed by atoms with Gasteiger partial charge in [-0.1, -0.05) is 97.8 Å². The van der Waals surface area contributed by atoms with Crippen molar-refractivity contribution >= 4 is 16.6 Å². The van der Waals surface area contributed by atoms with Crippen molar-refractivity contribution < 1.29 is 33.2 Å². The SMILES string of the molecule is C.C.C.C.C.CC(C)n1cc(-c2ccc3cccnc3c2)cn1.CC(C)n1cc(-c2cccc(N3CCCC3)c2)cn1.COCCOc1ccc(-c2cnn(C(C)C)c2)cc1.COCCOc1ccc(-c2cnn(C(C)C)c2)cc1OC.COCCOc1cccc(-c2cnn(C(C)C)c2)c1. The smallest absolute Gasteiger partial charge is 0.161 e. The van der Waals surface area contributed by atoms with E-state index in [0.29, 0.717) is 75.6 Å². The predicted octanol–water partition coefficient (Wildman–Crippen LogP) is 20.1. The maximum absolute atomic E-state index is 5.63. The molecule has 1 saturated heterocycles. The Kier molecular flexibility index (Phi) is 37.2. The highest BCUT2D eigenvalue weighted by molar-refractivity contribution is 5.84. The van der Waals surface area contributed by atoms with E-state index < -0.39 is 0 Å². The van der Waals surface area contributed by atoms with Crippen LogP contribution in [-0.4, -0.2) is 135 Å². The number of hydrogen-bond acceptors (Lipinski definition) is 14. The zero-order valence-electron chi connectivity index (χ0n) is 58.6. The number of anilines is 1. The van der Waals surface area contributed by atoms with E-state index in [2.05, 4.69) is 184 Å². The molecule has 0 amide bonds. The fraction of sp³-hybridized carbons (Fsp3) is 0.415. The summed E-state index contributed by atoms with van der Waals surface area (Å²) in [4.78, 5) is 6.85. The lowest BCUT2D eigenvalue weighted by molar-refractivity contribution is 0.144. The highest BCUT2D eigenvalue weighted by Gasteiger charge is 2.15. The van der Waals surface area contributed by atoms with Crippen molar-refractivity contribution in [1.29, 1.82) is 0 Å². The minimum Gasteiger partial charge on any atom is -0.493 e. The summed E-state index contributed by atoms with van der Waals surface area (Å²) in [6.07, 6.45) is 24.3. The third-order valence-corrected chi connectivity index (χ3v) is 15.8. The molecule has 1 fully saturated rings. The average Bonchev–Trinajstić information content (AvgIpc) is 1.83.